The SMILES string of the molecule is C=C(NC(=O)/C(C)=C(\C)C(=N)CCC)c1cc(S2(=O)(N3CC(N(C)CCO)C3)CC2)ccc1OCC. The molecule has 1 amide bonds. The highest BCUT2D eigenvalue weighted by atomic mass is 32.3. The first-order valence-electron chi connectivity index (χ1n) is 12.7. The van der Waals surface area contributed by atoms with E-state index >= 15 is 0 Å². The fourth-order valence-corrected chi connectivity index (χ4v) is 8.57. The van der Waals surface area contributed by atoms with Gasteiger partial charge in [0.2, 0.25) is 0 Å². The second kappa shape index (κ2) is 11.0. The summed E-state index contributed by atoms with van der Waals surface area (Å²) in [5, 5.41) is 20.3. The number of nitrogens with zero attached hydrogens (tertiary/aromatic N) is 2. The summed E-state index contributed by atoms with van der Waals surface area (Å²) in [6, 6.07) is 5.86. The molecule has 0 spiro atoms. The zero-order valence-electron chi connectivity index (χ0n) is 22.4. The molecule has 3 rings (SSSR count). The van der Waals surface area contributed by atoms with Crippen molar-refractivity contribution in [2.24, 2.45) is 0 Å². The number of hydrogen-bond acceptors (Lipinski definition) is 6. The molecule has 0 bridgehead atoms. The molecule has 9 heteroatoms. The number of nitrogens with one attached hydrogen (secondary N) is 2. The molecule has 8 nitrogen and oxygen atoms in total. The van der Waals surface area contributed by atoms with Crippen molar-refractivity contribution in [3.05, 3.63) is 41.5 Å². The molecule has 0 saturated carbocycles. The molecule has 2 aliphatic heterocycles. The molecule has 1 aromatic carbocycles. The highest BCUT2D eigenvalue weighted by Crippen LogP contribution is 2.54. The average Bonchev–Trinajstić information content (AvgIpc) is 3.52. The van der Waals surface area contributed by atoms with Gasteiger partial charge in [0.25, 0.3) is 5.91 Å². The molecule has 2 heterocycles. The predicted octanol–water partition coefficient (Wildman–Crippen LogP) is 3.04. The topological polar surface area (TPSA) is 106 Å². The maximum atomic E-state index is 14.5. The summed E-state index contributed by atoms with van der Waals surface area (Å²) in [5.41, 5.74) is 2.60. The molecular formula is C27H42N4O4S. The summed E-state index contributed by atoms with van der Waals surface area (Å²) in [4.78, 5) is 15.8. The lowest BCUT2D eigenvalue weighted by molar-refractivity contribution is -0.116. The summed E-state index contributed by atoms with van der Waals surface area (Å²) >= 11 is 0. The van der Waals surface area contributed by atoms with Crippen molar-refractivity contribution < 1.29 is 18.8 Å². The quantitative estimate of drug-likeness (QED) is 0.211. The number of aliphatic hydroxyl groups excluding tert-OH is 1. The summed E-state index contributed by atoms with van der Waals surface area (Å²) < 4.78 is 22.4. The van der Waals surface area contributed by atoms with E-state index in [1.54, 1.807) is 13.8 Å². The number of amides is 1. The van der Waals surface area contributed by atoms with Crippen LogP contribution in [0.25, 0.3) is 5.70 Å². The van der Waals surface area contributed by atoms with E-state index in [2.05, 4.69) is 21.1 Å². The first-order chi connectivity index (χ1) is 17.0. The van der Waals surface area contributed by atoms with Gasteiger partial charge >= 0.3 is 0 Å². The van der Waals surface area contributed by atoms with Crippen LogP contribution < -0.4 is 10.1 Å². The van der Waals surface area contributed by atoms with Crippen LogP contribution in [0.5, 0.6) is 5.75 Å². The Morgan fingerprint density at radius 1 is 1.28 bits per heavy atom. The van der Waals surface area contributed by atoms with Gasteiger partial charge in [-0.3, -0.25) is 13.9 Å². The van der Waals surface area contributed by atoms with Crippen molar-refractivity contribution in [3.8, 4) is 5.75 Å². The van der Waals surface area contributed by atoms with Crippen molar-refractivity contribution in [2.75, 3.05) is 51.4 Å². The third-order valence-electron chi connectivity index (χ3n) is 7.49. The molecule has 0 aromatic heterocycles. The lowest BCUT2D eigenvalue weighted by Crippen LogP contribution is -2.63. The van der Waals surface area contributed by atoms with Gasteiger partial charge in [0, 0.05) is 64.6 Å². The van der Waals surface area contributed by atoms with E-state index < -0.39 is 9.25 Å². The number of allylic oxidation sites excluding steroid dienone is 1. The van der Waals surface area contributed by atoms with E-state index in [1.165, 1.54) is 0 Å². The van der Waals surface area contributed by atoms with Crippen LogP contribution in [0.2, 0.25) is 0 Å². The summed E-state index contributed by atoms with van der Waals surface area (Å²) in [6.07, 6.45) is 1.47. The van der Waals surface area contributed by atoms with Gasteiger partial charge in [-0.25, -0.2) is 4.31 Å². The van der Waals surface area contributed by atoms with Crippen LogP contribution in [0.15, 0.2) is 40.8 Å². The molecule has 200 valence electrons. The molecule has 1 aromatic rings. The Bertz CT molecular complexity index is 1130. The average molecular weight is 519 g/mol. The van der Waals surface area contributed by atoms with Gasteiger partial charge in [0.15, 0.2) is 0 Å². The van der Waals surface area contributed by atoms with Crippen molar-refractivity contribution in [1.29, 1.82) is 5.41 Å². The van der Waals surface area contributed by atoms with E-state index in [0.29, 0.717) is 78.0 Å². The van der Waals surface area contributed by atoms with Crippen LogP contribution >= 0.6 is 0 Å². The van der Waals surface area contributed by atoms with Crippen LogP contribution in [-0.4, -0.2) is 87.6 Å². The zero-order chi connectivity index (χ0) is 26.7. The molecule has 3 N–H and O–H groups in total. The third kappa shape index (κ3) is 5.34. The van der Waals surface area contributed by atoms with E-state index in [1.807, 2.05) is 39.1 Å². The van der Waals surface area contributed by atoms with Gasteiger partial charge < -0.3 is 20.6 Å². The van der Waals surface area contributed by atoms with Gasteiger partial charge in [-0.15, -0.1) is 0 Å². The molecule has 0 unspecified atom stereocenters. The number of likely N-dealkylation sites (N-methyl/N-ethyl adjacent to an activating group) is 1. The molecule has 0 atom stereocenters. The Balaban J connectivity index is 1.85. The van der Waals surface area contributed by atoms with Gasteiger partial charge in [0.05, 0.1) is 13.2 Å². The highest BCUT2D eigenvalue weighted by Gasteiger charge is 2.60. The Morgan fingerprint density at radius 3 is 2.50 bits per heavy atom. The minimum absolute atomic E-state index is 0.107. The third-order valence-corrected chi connectivity index (χ3v) is 11.8. The molecule has 2 aliphatic rings. The fourth-order valence-electron chi connectivity index (χ4n) is 4.58. The number of carbonyl (C=O) groups excluding carboxylic acids is 1. The smallest absolute Gasteiger partial charge is 0.251 e. The van der Waals surface area contributed by atoms with E-state index in [9.17, 15) is 14.1 Å². The minimum Gasteiger partial charge on any atom is -0.493 e. The molecule has 2 fully saturated rings. The highest BCUT2D eigenvalue weighted by molar-refractivity contribution is 8.24. The lowest BCUT2D eigenvalue weighted by atomic mass is 10.0. The normalized spacial score (nSPS) is 20.5. The maximum absolute atomic E-state index is 14.5. The standard InChI is InChI=1S/C27H42N4O4S/c1-7-9-25(28)19(3)20(4)27(33)29-21(5)24-16-23(10-11-26(24)35-8-2)36(34,14-15-36)31-17-22(18-31)30(6)12-13-32/h10-11,16,22,28,32H,5,7-9,12-15,17-18H2,1-4,6H3,(H,29,33)/b20-19+,28-25?. The van der Waals surface area contributed by atoms with Crippen LogP contribution in [0.3, 0.4) is 0 Å². The minimum atomic E-state index is -3.13. The predicted molar refractivity (Wildman–Crippen MR) is 147 cm³/mol. The Labute approximate surface area is 215 Å². The first-order valence-corrected chi connectivity index (χ1v) is 15.0. The van der Waals surface area contributed by atoms with Gasteiger partial charge in [-0.05, 0) is 67.3 Å². The maximum Gasteiger partial charge on any atom is 0.251 e. The second-order valence-corrected chi connectivity index (χ2v) is 14.1. The lowest BCUT2D eigenvalue weighted by Gasteiger charge is -2.51. The molecule has 2 saturated heterocycles. The second-order valence-electron chi connectivity index (χ2n) is 9.85. The Hall–Kier alpha value is -2.33. The van der Waals surface area contributed by atoms with Crippen LogP contribution in [0.4, 0.5) is 0 Å². The van der Waals surface area contributed by atoms with Crippen LogP contribution in [-0.2, 0) is 14.0 Å². The number of benzene rings is 1. The number of aliphatic hydroxyl groups is 1. The number of ether oxygens (including phenoxy) is 1. The molecule has 36 heavy (non-hydrogen) atoms. The van der Waals surface area contributed by atoms with Crippen molar-refractivity contribution in [3.63, 3.8) is 0 Å². The summed E-state index contributed by atoms with van der Waals surface area (Å²) in [5.74, 6) is 1.52. The van der Waals surface area contributed by atoms with Gasteiger partial charge in [0.1, 0.15) is 5.75 Å². The summed E-state index contributed by atoms with van der Waals surface area (Å²) in [6.45, 7) is 14.1. The molecular weight excluding hydrogens is 476 g/mol. The van der Waals surface area contributed by atoms with Crippen molar-refractivity contribution >= 4 is 26.6 Å². The number of hydrogen-bond donors (Lipinski definition) is 3. The van der Waals surface area contributed by atoms with Crippen LogP contribution in [0.1, 0.15) is 46.1 Å². The summed E-state index contributed by atoms with van der Waals surface area (Å²) in [7, 11) is -1.15. The molecule has 0 aliphatic carbocycles. The largest absolute Gasteiger partial charge is 0.493 e. The Kier molecular flexibility index (Phi) is 8.60. The molecule has 0 radical (unpaired) electrons. The van der Waals surface area contributed by atoms with Crippen molar-refractivity contribution in [2.45, 2.75) is 51.5 Å². The van der Waals surface area contributed by atoms with Crippen LogP contribution in [0, 0.1) is 5.41 Å². The number of carbonyl (C=O) groups is 1. The zero-order valence-corrected chi connectivity index (χ0v) is 23.2. The van der Waals surface area contributed by atoms with Gasteiger partial charge in [-0.1, -0.05) is 19.9 Å². The monoisotopic (exact) mass is 518 g/mol. The van der Waals surface area contributed by atoms with E-state index in [-0.39, 0.29) is 18.6 Å². The van der Waals surface area contributed by atoms with E-state index in [4.69, 9.17) is 10.1 Å². The Morgan fingerprint density at radius 2 is 1.94 bits per heavy atom. The first kappa shape index (κ1) is 28.2. The fraction of sp³-hybridized carbons (Fsp3) is 0.556. The van der Waals surface area contributed by atoms with Gasteiger partial charge in [-0.2, -0.15) is 0 Å². The van der Waals surface area contributed by atoms with Crippen molar-refractivity contribution in [1.82, 2.24) is 14.5 Å². The van der Waals surface area contributed by atoms with E-state index in [0.717, 1.165) is 11.3 Å². The number of rotatable bonds is 13.